The van der Waals surface area contributed by atoms with Gasteiger partial charge in [-0.1, -0.05) is 13.8 Å². The number of anilines is 1. The van der Waals surface area contributed by atoms with E-state index in [0.717, 1.165) is 42.5 Å². The lowest BCUT2D eigenvalue weighted by molar-refractivity contribution is 0.789. The summed E-state index contributed by atoms with van der Waals surface area (Å²) in [4.78, 5) is 16.2. The second-order valence-electron chi connectivity index (χ2n) is 4.98. The number of aromatic amines is 1. The molecule has 2 rings (SSSR count). The Balaban J connectivity index is 1.85. The molecule has 2 heterocycles. The molecule has 19 heavy (non-hydrogen) atoms. The van der Waals surface area contributed by atoms with Crippen LogP contribution in [0.2, 0.25) is 0 Å². The van der Waals surface area contributed by atoms with Crippen LogP contribution in [0.4, 0.5) is 5.95 Å². The van der Waals surface area contributed by atoms with Gasteiger partial charge in [0.15, 0.2) is 0 Å². The molecule has 102 valence electrons. The van der Waals surface area contributed by atoms with Crippen LogP contribution in [-0.4, -0.2) is 26.5 Å². The Morgan fingerprint density at radius 3 is 2.84 bits per heavy atom. The zero-order valence-electron chi connectivity index (χ0n) is 11.8. The number of aryl methyl sites for hydroxylation is 2. The molecule has 0 aliphatic rings. The molecule has 0 bridgehead atoms. The van der Waals surface area contributed by atoms with Crippen molar-refractivity contribution in [2.75, 3.05) is 11.9 Å². The maximum absolute atomic E-state index is 4.52. The first-order valence-electron chi connectivity index (χ1n) is 6.73. The third-order valence-corrected chi connectivity index (χ3v) is 2.89. The summed E-state index contributed by atoms with van der Waals surface area (Å²) in [6, 6.07) is 2.04. The van der Waals surface area contributed by atoms with Gasteiger partial charge >= 0.3 is 0 Å². The number of hydrogen-bond acceptors (Lipinski definition) is 4. The normalized spacial score (nSPS) is 10.9. The second kappa shape index (κ2) is 6.31. The van der Waals surface area contributed by atoms with Gasteiger partial charge in [-0.2, -0.15) is 0 Å². The zero-order chi connectivity index (χ0) is 13.7. The largest absolute Gasteiger partial charge is 0.354 e. The van der Waals surface area contributed by atoms with Gasteiger partial charge in [0, 0.05) is 36.7 Å². The van der Waals surface area contributed by atoms with Crippen LogP contribution in [0.1, 0.15) is 43.4 Å². The lowest BCUT2D eigenvalue weighted by atomic mass is 10.1. The summed E-state index contributed by atoms with van der Waals surface area (Å²) < 4.78 is 0. The Morgan fingerprint density at radius 2 is 2.16 bits per heavy atom. The summed E-state index contributed by atoms with van der Waals surface area (Å²) in [6.07, 6.45) is 5.56. The number of H-pyrrole nitrogens is 1. The molecule has 5 heteroatoms. The van der Waals surface area contributed by atoms with Crippen LogP contribution in [0.25, 0.3) is 0 Å². The SMILES string of the molecule is Cc1cc(C(C)C)nc(NCCCc2ncc[nH]2)n1. The quantitative estimate of drug-likeness (QED) is 0.783. The Bertz CT molecular complexity index is 505. The Morgan fingerprint density at radius 1 is 1.32 bits per heavy atom. The van der Waals surface area contributed by atoms with Gasteiger partial charge in [-0.3, -0.25) is 0 Å². The van der Waals surface area contributed by atoms with Crippen molar-refractivity contribution in [3.05, 3.63) is 35.7 Å². The molecular formula is C14H21N5. The molecule has 0 aliphatic carbocycles. The predicted molar refractivity (Wildman–Crippen MR) is 76.3 cm³/mol. The van der Waals surface area contributed by atoms with Crippen LogP contribution in [0, 0.1) is 6.92 Å². The molecule has 0 spiro atoms. The first-order chi connectivity index (χ1) is 9.15. The number of rotatable bonds is 6. The highest BCUT2D eigenvalue weighted by molar-refractivity contribution is 5.28. The molecule has 5 nitrogen and oxygen atoms in total. The van der Waals surface area contributed by atoms with Crippen molar-refractivity contribution in [3.63, 3.8) is 0 Å². The van der Waals surface area contributed by atoms with E-state index >= 15 is 0 Å². The zero-order valence-corrected chi connectivity index (χ0v) is 11.8. The smallest absolute Gasteiger partial charge is 0.223 e. The highest BCUT2D eigenvalue weighted by Gasteiger charge is 2.05. The van der Waals surface area contributed by atoms with Crippen molar-refractivity contribution in [1.29, 1.82) is 0 Å². The lowest BCUT2D eigenvalue weighted by Crippen LogP contribution is -2.09. The van der Waals surface area contributed by atoms with Crippen LogP contribution < -0.4 is 5.32 Å². The van der Waals surface area contributed by atoms with Crippen LogP contribution in [-0.2, 0) is 6.42 Å². The minimum absolute atomic E-state index is 0.422. The number of nitrogens with zero attached hydrogens (tertiary/aromatic N) is 3. The number of nitrogens with one attached hydrogen (secondary N) is 2. The molecule has 0 atom stereocenters. The van der Waals surface area contributed by atoms with Crippen molar-refractivity contribution in [2.45, 2.75) is 39.5 Å². The molecule has 0 aromatic carbocycles. The monoisotopic (exact) mass is 259 g/mol. The molecule has 2 N–H and O–H groups in total. The van der Waals surface area contributed by atoms with Gasteiger partial charge in [0.25, 0.3) is 0 Å². The average Bonchev–Trinajstić information content (AvgIpc) is 2.87. The Labute approximate surface area is 113 Å². The molecule has 0 radical (unpaired) electrons. The molecule has 0 aliphatic heterocycles. The van der Waals surface area contributed by atoms with Gasteiger partial charge in [-0.05, 0) is 25.3 Å². The second-order valence-corrected chi connectivity index (χ2v) is 4.98. The maximum atomic E-state index is 4.52. The van der Waals surface area contributed by atoms with E-state index in [9.17, 15) is 0 Å². The third-order valence-electron chi connectivity index (χ3n) is 2.89. The van der Waals surface area contributed by atoms with E-state index in [1.165, 1.54) is 0 Å². The van der Waals surface area contributed by atoms with Crippen LogP contribution >= 0.6 is 0 Å². The standard InChI is InChI=1S/C14H21N5/c1-10(2)12-9-11(3)18-14(19-12)17-6-4-5-13-15-7-8-16-13/h7-10H,4-6H2,1-3H3,(H,15,16)(H,17,18,19). The van der Waals surface area contributed by atoms with Gasteiger partial charge in [0.2, 0.25) is 5.95 Å². The fraction of sp³-hybridized carbons (Fsp3) is 0.500. The van der Waals surface area contributed by atoms with E-state index in [-0.39, 0.29) is 0 Å². The van der Waals surface area contributed by atoms with E-state index in [2.05, 4.69) is 39.1 Å². The lowest BCUT2D eigenvalue weighted by Gasteiger charge is -2.09. The summed E-state index contributed by atoms with van der Waals surface area (Å²) in [6.45, 7) is 7.13. The highest BCUT2D eigenvalue weighted by Crippen LogP contribution is 2.14. The maximum Gasteiger partial charge on any atom is 0.223 e. The number of imidazole rings is 1. The van der Waals surface area contributed by atoms with Gasteiger partial charge in [-0.25, -0.2) is 15.0 Å². The molecular weight excluding hydrogens is 238 g/mol. The minimum Gasteiger partial charge on any atom is -0.354 e. The minimum atomic E-state index is 0.422. The van der Waals surface area contributed by atoms with Gasteiger partial charge in [-0.15, -0.1) is 0 Å². The van der Waals surface area contributed by atoms with Crippen molar-refractivity contribution in [1.82, 2.24) is 19.9 Å². The molecule has 0 fully saturated rings. The molecule has 2 aromatic heterocycles. The first kappa shape index (κ1) is 13.5. The van der Waals surface area contributed by atoms with Gasteiger partial charge in [0.05, 0.1) is 0 Å². The fourth-order valence-electron chi connectivity index (χ4n) is 1.86. The van der Waals surface area contributed by atoms with E-state index < -0.39 is 0 Å². The molecule has 0 unspecified atom stereocenters. The summed E-state index contributed by atoms with van der Waals surface area (Å²) >= 11 is 0. The van der Waals surface area contributed by atoms with Crippen molar-refractivity contribution in [2.24, 2.45) is 0 Å². The summed E-state index contributed by atoms with van der Waals surface area (Å²) in [5.74, 6) is 2.17. The third kappa shape index (κ3) is 4.05. The van der Waals surface area contributed by atoms with E-state index in [1.807, 2.05) is 19.2 Å². The predicted octanol–water partition coefficient (Wildman–Crippen LogP) is 2.68. The summed E-state index contributed by atoms with van der Waals surface area (Å²) in [5.41, 5.74) is 2.09. The van der Waals surface area contributed by atoms with E-state index in [1.54, 1.807) is 6.20 Å². The van der Waals surface area contributed by atoms with Crippen molar-refractivity contribution >= 4 is 5.95 Å². The summed E-state index contributed by atoms with van der Waals surface area (Å²) in [5, 5.41) is 3.28. The van der Waals surface area contributed by atoms with Gasteiger partial charge in [0.1, 0.15) is 5.82 Å². The van der Waals surface area contributed by atoms with Crippen LogP contribution in [0.15, 0.2) is 18.5 Å². The average molecular weight is 259 g/mol. The van der Waals surface area contributed by atoms with Crippen LogP contribution in [0.3, 0.4) is 0 Å². The first-order valence-corrected chi connectivity index (χ1v) is 6.73. The van der Waals surface area contributed by atoms with E-state index in [0.29, 0.717) is 5.92 Å². The van der Waals surface area contributed by atoms with Crippen LogP contribution in [0.5, 0.6) is 0 Å². The molecule has 0 saturated heterocycles. The van der Waals surface area contributed by atoms with E-state index in [4.69, 9.17) is 0 Å². The molecule has 2 aromatic rings. The highest BCUT2D eigenvalue weighted by atomic mass is 15.1. The topological polar surface area (TPSA) is 66.5 Å². The molecule has 0 saturated carbocycles. The molecule has 0 amide bonds. The van der Waals surface area contributed by atoms with Crippen molar-refractivity contribution in [3.8, 4) is 0 Å². The Kier molecular flexibility index (Phi) is 4.49. The summed E-state index contributed by atoms with van der Waals surface area (Å²) in [7, 11) is 0. The Hall–Kier alpha value is -1.91. The number of hydrogen-bond donors (Lipinski definition) is 2. The van der Waals surface area contributed by atoms with Gasteiger partial charge < -0.3 is 10.3 Å². The number of aromatic nitrogens is 4. The van der Waals surface area contributed by atoms with Crippen molar-refractivity contribution < 1.29 is 0 Å². The fourth-order valence-corrected chi connectivity index (χ4v) is 1.86.